The number of aromatic nitrogens is 1. The highest BCUT2D eigenvalue weighted by molar-refractivity contribution is 9.10. The Bertz CT molecular complexity index is 579. The van der Waals surface area contributed by atoms with Gasteiger partial charge in [-0.3, -0.25) is 0 Å². The second-order valence-electron chi connectivity index (χ2n) is 3.99. The van der Waals surface area contributed by atoms with Crippen LogP contribution in [0.2, 0.25) is 0 Å². The van der Waals surface area contributed by atoms with Crippen LogP contribution in [-0.4, -0.2) is 11.0 Å². The van der Waals surface area contributed by atoms with E-state index in [0.29, 0.717) is 5.56 Å². The van der Waals surface area contributed by atoms with Crippen LogP contribution in [0.15, 0.2) is 41.0 Å². The van der Waals surface area contributed by atoms with Crippen LogP contribution < -0.4 is 0 Å². The summed E-state index contributed by atoms with van der Waals surface area (Å²) < 4.78 is 18.4. The first kappa shape index (κ1) is 13.7. The standard InChI is InChI=1S/C14H11BrFNO2/c1-9-7-11(16)17-13(15)12(9)14(18)19-8-10-5-3-2-4-6-10/h2-7H,8H2,1H3. The monoisotopic (exact) mass is 323 g/mol. The van der Waals surface area contributed by atoms with E-state index in [1.54, 1.807) is 6.92 Å². The fourth-order valence-electron chi connectivity index (χ4n) is 1.64. The molecule has 0 spiro atoms. The Morgan fingerprint density at radius 2 is 2.05 bits per heavy atom. The molecule has 98 valence electrons. The Hall–Kier alpha value is -1.75. The van der Waals surface area contributed by atoms with Crippen LogP contribution in [0.1, 0.15) is 21.5 Å². The summed E-state index contributed by atoms with van der Waals surface area (Å²) >= 11 is 3.07. The van der Waals surface area contributed by atoms with Gasteiger partial charge in [0.05, 0.1) is 5.56 Å². The van der Waals surface area contributed by atoms with Crippen molar-refractivity contribution in [1.29, 1.82) is 0 Å². The third-order valence-corrected chi connectivity index (χ3v) is 3.13. The number of pyridine rings is 1. The van der Waals surface area contributed by atoms with Crippen molar-refractivity contribution >= 4 is 21.9 Å². The molecule has 0 unspecified atom stereocenters. The first-order valence-electron chi connectivity index (χ1n) is 5.61. The molecule has 0 aliphatic carbocycles. The normalized spacial score (nSPS) is 10.3. The van der Waals surface area contributed by atoms with Gasteiger partial charge in [-0.25, -0.2) is 9.78 Å². The van der Waals surface area contributed by atoms with E-state index in [4.69, 9.17) is 4.74 Å². The van der Waals surface area contributed by atoms with Gasteiger partial charge in [-0.15, -0.1) is 0 Å². The van der Waals surface area contributed by atoms with Crippen LogP contribution in [-0.2, 0) is 11.3 Å². The van der Waals surface area contributed by atoms with E-state index < -0.39 is 11.9 Å². The molecule has 5 heteroatoms. The second-order valence-corrected chi connectivity index (χ2v) is 4.74. The van der Waals surface area contributed by atoms with Crippen molar-refractivity contribution in [3.05, 3.63) is 63.6 Å². The summed E-state index contributed by atoms with van der Waals surface area (Å²) in [5, 5.41) is 0. The molecule has 19 heavy (non-hydrogen) atoms. The summed E-state index contributed by atoms with van der Waals surface area (Å²) in [4.78, 5) is 15.5. The maximum atomic E-state index is 13.0. The van der Waals surface area contributed by atoms with E-state index in [1.165, 1.54) is 6.07 Å². The third-order valence-electron chi connectivity index (χ3n) is 2.56. The molecule has 3 nitrogen and oxygen atoms in total. The molecular formula is C14H11BrFNO2. The molecule has 0 N–H and O–H groups in total. The van der Waals surface area contributed by atoms with E-state index >= 15 is 0 Å². The number of carbonyl (C=O) groups excluding carboxylic acids is 1. The van der Waals surface area contributed by atoms with E-state index in [1.807, 2.05) is 30.3 Å². The average Bonchev–Trinajstić information content (AvgIpc) is 2.36. The van der Waals surface area contributed by atoms with Crippen LogP contribution in [0.5, 0.6) is 0 Å². The highest BCUT2D eigenvalue weighted by atomic mass is 79.9. The molecular weight excluding hydrogens is 313 g/mol. The molecule has 1 aromatic heterocycles. The number of benzene rings is 1. The average molecular weight is 324 g/mol. The number of esters is 1. The van der Waals surface area contributed by atoms with Crippen molar-refractivity contribution in [1.82, 2.24) is 4.98 Å². The SMILES string of the molecule is Cc1cc(F)nc(Br)c1C(=O)OCc1ccccc1. The van der Waals surface area contributed by atoms with Crippen LogP contribution in [0, 0.1) is 12.9 Å². The van der Waals surface area contributed by atoms with Crippen molar-refractivity contribution in [2.24, 2.45) is 0 Å². The minimum atomic E-state index is -0.635. The van der Waals surface area contributed by atoms with Gasteiger partial charge in [0.2, 0.25) is 5.95 Å². The van der Waals surface area contributed by atoms with Crippen molar-refractivity contribution in [2.75, 3.05) is 0 Å². The predicted molar refractivity (Wildman–Crippen MR) is 72.2 cm³/mol. The van der Waals surface area contributed by atoms with Gasteiger partial charge >= 0.3 is 5.97 Å². The molecule has 0 fully saturated rings. The lowest BCUT2D eigenvalue weighted by Gasteiger charge is -2.08. The molecule has 0 aliphatic rings. The van der Waals surface area contributed by atoms with E-state index in [0.717, 1.165) is 5.56 Å². The highest BCUT2D eigenvalue weighted by Crippen LogP contribution is 2.20. The maximum absolute atomic E-state index is 13.0. The molecule has 0 saturated heterocycles. The minimum absolute atomic E-state index is 0.156. The molecule has 0 saturated carbocycles. The number of carbonyl (C=O) groups is 1. The van der Waals surface area contributed by atoms with Crippen LogP contribution in [0.4, 0.5) is 4.39 Å². The zero-order valence-electron chi connectivity index (χ0n) is 10.2. The summed E-state index contributed by atoms with van der Waals surface area (Å²) in [6.45, 7) is 1.80. The lowest BCUT2D eigenvalue weighted by molar-refractivity contribution is 0.0470. The van der Waals surface area contributed by atoms with Crippen LogP contribution >= 0.6 is 15.9 Å². The minimum Gasteiger partial charge on any atom is -0.457 e. The van der Waals surface area contributed by atoms with E-state index in [2.05, 4.69) is 20.9 Å². The fraction of sp³-hybridized carbons (Fsp3) is 0.143. The van der Waals surface area contributed by atoms with Crippen molar-refractivity contribution in [3.63, 3.8) is 0 Å². The number of nitrogens with zero attached hydrogens (tertiary/aromatic N) is 1. The van der Waals surface area contributed by atoms with Gasteiger partial charge in [-0.1, -0.05) is 30.3 Å². The summed E-state index contributed by atoms with van der Waals surface area (Å²) in [6, 6.07) is 10.5. The topological polar surface area (TPSA) is 39.2 Å². The lowest BCUT2D eigenvalue weighted by Crippen LogP contribution is -2.09. The Balaban J connectivity index is 2.13. The quantitative estimate of drug-likeness (QED) is 0.639. The first-order valence-corrected chi connectivity index (χ1v) is 6.41. The molecule has 2 rings (SSSR count). The smallest absolute Gasteiger partial charge is 0.341 e. The predicted octanol–water partition coefficient (Wildman–Crippen LogP) is 3.65. The number of rotatable bonds is 3. The van der Waals surface area contributed by atoms with Gasteiger partial charge < -0.3 is 4.74 Å². The van der Waals surface area contributed by atoms with Crippen molar-refractivity contribution in [3.8, 4) is 0 Å². The van der Waals surface area contributed by atoms with E-state index in [-0.39, 0.29) is 16.8 Å². The van der Waals surface area contributed by atoms with Crippen LogP contribution in [0.3, 0.4) is 0 Å². The maximum Gasteiger partial charge on any atom is 0.341 e. The number of hydrogen-bond donors (Lipinski definition) is 0. The Morgan fingerprint density at radius 3 is 2.68 bits per heavy atom. The summed E-state index contributed by atoms with van der Waals surface area (Å²) in [6.07, 6.45) is 0. The van der Waals surface area contributed by atoms with Crippen molar-refractivity contribution < 1.29 is 13.9 Å². The molecule has 0 bridgehead atoms. The van der Waals surface area contributed by atoms with Gasteiger partial charge in [0.15, 0.2) is 0 Å². The second kappa shape index (κ2) is 5.93. The summed E-state index contributed by atoms with van der Waals surface area (Å²) in [5.74, 6) is -1.16. The summed E-state index contributed by atoms with van der Waals surface area (Å²) in [7, 11) is 0. The molecule has 0 amide bonds. The number of ether oxygens (including phenoxy) is 1. The van der Waals surface area contributed by atoms with Gasteiger partial charge in [-0.2, -0.15) is 4.39 Å². The van der Waals surface area contributed by atoms with Crippen molar-refractivity contribution in [2.45, 2.75) is 13.5 Å². The van der Waals surface area contributed by atoms with Crippen LogP contribution in [0.25, 0.3) is 0 Å². The Labute approximate surface area is 118 Å². The molecule has 0 aliphatic heterocycles. The third kappa shape index (κ3) is 3.38. The summed E-state index contributed by atoms with van der Waals surface area (Å²) in [5.41, 5.74) is 1.62. The largest absolute Gasteiger partial charge is 0.457 e. The number of aryl methyl sites for hydroxylation is 1. The number of halogens is 2. The first-order chi connectivity index (χ1) is 9.08. The fourth-order valence-corrected chi connectivity index (χ4v) is 2.28. The van der Waals surface area contributed by atoms with Gasteiger partial charge in [-0.05, 0) is 40.0 Å². The van der Waals surface area contributed by atoms with E-state index in [9.17, 15) is 9.18 Å². The molecule has 0 radical (unpaired) electrons. The Morgan fingerprint density at radius 1 is 1.37 bits per heavy atom. The molecule has 1 aromatic carbocycles. The molecule has 0 atom stereocenters. The van der Waals surface area contributed by atoms with Gasteiger partial charge in [0.25, 0.3) is 0 Å². The zero-order valence-corrected chi connectivity index (χ0v) is 11.8. The zero-order chi connectivity index (χ0) is 13.8. The Kier molecular flexibility index (Phi) is 4.27. The molecule has 2 aromatic rings. The van der Waals surface area contributed by atoms with Gasteiger partial charge in [0.1, 0.15) is 11.2 Å². The highest BCUT2D eigenvalue weighted by Gasteiger charge is 2.17. The number of hydrogen-bond acceptors (Lipinski definition) is 3. The molecule has 1 heterocycles. The lowest BCUT2D eigenvalue weighted by atomic mass is 10.1. The van der Waals surface area contributed by atoms with Gasteiger partial charge in [0, 0.05) is 0 Å².